The molecule has 0 aromatic rings. The lowest BCUT2D eigenvalue weighted by molar-refractivity contribution is -0.114. The quantitative estimate of drug-likeness (QED) is 0.751. The first-order valence-corrected chi connectivity index (χ1v) is 7.57. The monoisotopic (exact) mass is 248 g/mol. The standard InChI is InChI=1S/C11H20O4S/c1-11(13,6-7-12)9-4-3-5-10(8-9)16(2,14)15/h7,9-10,13H,3-6,8H2,1-2H3. The number of rotatable bonds is 4. The van der Waals surface area contributed by atoms with Crippen LogP contribution in [-0.2, 0) is 14.6 Å². The molecule has 0 amide bonds. The summed E-state index contributed by atoms with van der Waals surface area (Å²) in [5.41, 5.74) is -1.06. The molecule has 0 aromatic heterocycles. The second kappa shape index (κ2) is 4.84. The van der Waals surface area contributed by atoms with Crippen molar-refractivity contribution < 1.29 is 18.3 Å². The third-order valence-electron chi connectivity index (χ3n) is 3.61. The highest BCUT2D eigenvalue weighted by molar-refractivity contribution is 7.91. The minimum atomic E-state index is -3.03. The number of sulfone groups is 1. The second-order valence-corrected chi connectivity index (χ2v) is 7.37. The maximum Gasteiger partial charge on any atom is 0.150 e. The number of aliphatic hydroxyl groups is 1. The van der Waals surface area contributed by atoms with Crippen LogP contribution < -0.4 is 0 Å². The van der Waals surface area contributed by atoms with Crippen molar-refractivity contribution in [1.29, 1.82) is 0 Å². The van der Waals surface area contributed by atoms with Crippen LogP contribution in [0.25, 0.3) is 0 Å². The summed E-state index contributed by atoms with van der Waals surface area (Å²) in [5.74, 6) is -0.0915. The molecule has 0 aromatic carbocycles. The molecular weight excluding hydrogens is 228 g/mol. The fourth-order valence-electron chi connectivity index (χ4n) is 2.43. The van der Waals surface area contributed by atoms with E-state index in [1.165, 1.54) is 6.26 Å². The summed E-state index contributed by atoms with van der Waals surface area (Å²) in [6, 6.07) is 0. The van der Waals surface area contributed by atoms with Gasteiger partial charge in [0, 0.05) is 12.7 Å². The largest absolute Gasteiger partial charge is 0.389 e. The molecule has 0 bridgehead atoms. The minimum Gasteiger partial charge on any atom is -0.389 e. The van der Waals surface area contributed by atoms with Crippen molar-refractivity contribution >= 4 is 16.1 Å². The maximum atomic E-state index is 11.5. The van der Waals surface area contributed by atoms with Gasteiger partial charge in [-0.05, 0) is 32.1 Å². The van der Waals surface area contributed by atoms with Crippen LogP contribution in [0.2, 0.25) is 0 Å². The zero-order valence-electron chi connectivity index (χ0n) is 9.85. The Morgan fingerprint density at radius 1 is 1.44 bits per heavy atom. The first kappa shape index (κ1) is 13.6. The van der Waals surface area contributed by atoms with Crippen molar-refractivity contribution in [3.8, 4) is 0 Å². The Bertz CT molecular complexity index is 345. The Hall–Kier alpha value is -0.420. The molecule has 1 fully saturated rings. The van der Waals surface area contributed by atoms with Gasteiger partial charge in [-0.25, -0.2) is 8.42 Å². The first-order valence-electron chi connectivity index (χ1n) is 5.62. The molecule has 0 spiro atoms. The molecule has 1 N–H and O–H groups in total. The van der Waals surface area contributed by atoms with Crippen LogP contribution in [0.1, 0.15) is 39.0 Å². The Morgan fingerprint density at radius 3 is 2.56 bits per heavy atom. The average molecular weight is 248 g/mol. The topological polar surface area (TPSA) is 71.4 Å². The highest BCUT2D eigenvalue weighted by Gasteiger charge is 2.38. The predicted molar refractivity (Wildman–Crippen MR) is 61.9 cm³/mol. The van der Waals surface area contributed by atoms with Crippen LogP contribution in [0.3, 0.4) is 0 Å². The van der Waals surface area contributed by atoms with E-state index in [1.807, 2.05) is 0 Å². The van der Waals surface area contributed by atoms with E-state index in [4.69, 9.17) is 0 Å². The molecule has 1 rings (SSSR count). The van der Waals surface area contributed by atoms with Crippen molar-refractivity contribution in [2.45, 2.75) is 49.9 Å². The molecule has 0 saturated heterocycles. The van der Waals surface area contributed by atoms with Crippen molar-refractivity contribution in [3.05, 3.63) is 0 Å². The molecule has 5 heteroatoms. The van der Waals surface area contributed by atoms with E-state index in [9.17, 15) is 18.3 Å². The molecule has 4 nitrogen and oxygen atoms in total. The summed E-state index contributed by atoms with van der Waals surface area (Å²) in [7, 11) is -3.03. The van der Waals surface area contributed by atoms with Crippen molar-refractivity contribution in [2.75, 3.05) is 6.26 Å². The number of hydrogen-bond donors (Lipinski definition) is 1. The van der Waals surface area contributed by atoms with Crippen molar-refractivity contribution in [2.24, 2.45) is 5.92 Å². The molecule has 0 radical (unpaired) electrons. The Balaban J connectivity index is 2.74. The zero-order valence-corrected chi connectivity index (χ0v) is 10.7. The third-order valence-corrected chi connectivity index (χ3v) is 5.25. The first-order chi connectivity index (χ1) is 7.27. The lowest BCUT2D eigenvalue weighted by Crippen LogP contribution is -2.41. The summed E-state index contributed by atoms with van der Waals surface area (Å²) >= 11 is 0. The van der Waals surface area contributed by atoms with E-state index in [0.29, 0.717) is 19.1 Å². The molecule has 94 valence electrons. The highest BCUT2D eigenvalue weighted by atomic mass is 32.2. The molecule has 0 heterocycles. The number of aldehydes is 1. The maximum absolute atomic E-state index is 11.5. The van der Waals surface area contributed by atoms with E-state index in [-0.39, 0.29) is 17.6 Å². The van der Waals surface area contributed by atoms with E-state index in [2.05, 4.69) is 0 Å². The van der Waals surface area contributed by atoms with Gasteiger partial charge in [-0.3, -0.25) is 0 Å². The van der Waals surface area contributed by atoms with Gasteiger partial charge in [0.1, 0.15) is 16.1 Å². The molecule has 3 unspecified atom stereocenters. The van der Waals surface area contributed by atoms with E-state index >= 15 is 0 Å². The molecule has 1 saturated carbocycles. The van der Waals surface area contributed by atoms with Gasteiger partial charge in [0.25, 0.3) is 0 Å². The second-order valence-electron chi connectivity index (χ2n) is 5.04. The molecule has 3 atom stereocenters. The summed E-state index contributed by atoms with van der Waals surface area (Å²) in [5, 5.41) is 9.74. The van der Waals surface area contributed by atoms with Gasteiger partial charge < -0.3 is 9.90 Å². The van der Waals surface area contributed by atoms with Crippen LogP contribution >= 0.6 is 0 Å². The van der Waals surface area contributed by atoms with Crippen LogP contribution in [0.4, 0.5) is 0 Å². The average Bonchev–Trinajstić information content (AvgIpc) is 2.16. The van der Waals surface area contributed by atoms with E-state index in [0.717, 1.165) is 12.8 Å². The Morgan fingerprint density at radius 2 is 2.06 bits per heavy atom. The summed E-state index contributed by atoms with van der Waals surface area (Å²) < 4.78 is 22.9. The van der Waals surface area contributed by atoms with Crippen molar-refractivity contribution in [3.63, 3.8) is 0 Å². The number of carbonyl (C=O) groups is 1. The van der Waals surface area contributed by atoms with Gasteiger partial charge in [0.05, 0.1) is 10.9 Å². The molecule has 16 heavy (non-hydrogen) atoms. The van der Waals surface area contributed by atoms with Gasteiger partial charge >= 0.3 is 0 Å². The predicted octanol–water partition coefficient (Wildman–Crippen LogP) is 0.930. The van der Waals surface area contributed by atoms with E-state index < -0.39 is 15.4 Å². The number of carbonyl (C=O) groups excluding carboxylic acids is 1. The molecule has 1 aliphatic carbocycles. The molecule has 1 aliphatic rings. The fourth-order valence-corrected chi connectivity index (χ4v) is 3.61. The van der Waals surface area contributed by atoms with Gasteiger partial charge in [-0.2, -0.15) is 0 Å². The van der Waals surface area contributed by atoms with Crippen molar-refractivity contribution in [1.82, 2.24) is 0 Å². The summed E-state index contributed by atoms with van der Waals surface area (Å²) in [6.07, 6.45) is 4.77. The normalized spacial score (nSPS) is 30.7. The Kier molecular flexibility index (Phi) is 4.12. The molecule has 0 aliphatic heterocycles. The highest BCUT2D eigenvalue weighted by Crippen LogP contribution is 2.36. The summed E-state index contributed by atoms with van der Waals surface area (Å²) in [6.45, 7) is 1.62. The van der Waals surface area contributed by atoms with Crippen LogP contribution in [-0.4, -0.2) is 36.9 Å². The van der Waals surface area contributed by atoms with Crippen LogP contribution in [0, 0.1) is 5.92 Å². The van der Waals surface area contributed by atoms with E-state index in [1.54, 1.807) is 6.92 Å². The Labute approximate surface area is 97.0 Å². The van der Waals surface area contributed by atoms with Gasteiger partial charge in [-0.15, -0.1) is 0 Å². The third kappa shape index (κ3) is 3.28. The van der Waals surface area contributed by atoms with Gasteiger partial charge in [-0.1, -0.05) is 6.42 Å². The van der Waals surface area contributed by atoms with Crippen LogP contribution in [0.15, 0.2) is 0 Å². The lowest BCUT2D eigenvalue weighted by Gasteiger charge is -2.37. The SMILES string of the molecule is CC(O)(CC=O)C1CCCC(S(C)(=O)=O)C1. The smallest absolute Gasteiger partial charge is 0.150 e. The summed E-state index contributed by atoms with van der Waals surface area (Å²) in [4.78, 5) is 10.5. The fraction of sp³-hybridized carbons (Fsp3) is 0.909. The van der Waals surface area contributed by atoms with Gasteiger partial charge in [0.2, 0.25) is 0 Å². The molecular formula is C11H20O4S. The van der Waals surface area contributed by atoms with Crippen LogP contribution in [0.5, 0.6) is 0 Å². The number of hydrogen-bond acceptors (Lipinski definition) is 4. The zero-order chi connectivity index (χ0) is 12.4. The van der Waals surface area contributed by atoms with Gasteiger partial charge in [0.15, 0.2) is 0 Å². The lowest BCUT2D eigenvalue weighted by atomic mass is 9.76. The minimum absolute atomic E-state index is 0.0775.